The molecule has 98 valence electrons. The first-order valence-corrected chi connectivity index (χ1v) is 6.72. The van der Waals surface area contributed by atoms with E-state index in [1.807, 2.05) is 18.7 Å². The third kappa shape index (κ3) is 4.50. The Morgan fingerprint density at radius 1 is 1.35 bits per heavy atom. The monoisotopic (exact) mass is 238 g/mol. The molecule has 1 N–H and O–H groups in total. The molecule has 3 heteroatoms. The van der Waals surface area contributed by atoms with Gasteiger partial charge in [0.25, 0.3) is 0 Å². The van der Waals surface area contributed by atoms with E-state index >= 15 is 0 Å². The molecule has 0 fully saturated rings. The maximum absolute atomic E-state index is 10.4. The number of hydrogen-bond acceptors (Lipinski definition) is 2. The highest BCUT2D eigenvalue weighted by atomic mass is 16.3. The Bertz CT molecular complexity index is 342. The second kappa shape index (κ2) is 6.20. The summed E-state index contributed by atoms with van der Waals surface area (Å²) in [5.74, 6) is 0. The van der Waals surface area contributed by atoms with Gasteiger partial charge in [-0.05, 0) is 25.8 Å². The van der Waals surface area contributed by atoms with Gasteiger partial charge in [-0.2, -0.15) is 5.10 Å². The van der Waals surface area contributed by atoms with E-state index < -0.39 is 5.60 Å². The number of aryl methyl sites for hydroxylation is 2. The van der Waals surface area contributed by atoms with Crippen molar-refractivity contribution in [3.8, 4) is 0 Å². The highest BCUT2D eigenvalue weighted by molar-refractivity contribution is 5.12. The van der Waals surface area contributed by atoms with Gasteiger partial charge in [0.2, 0.25) is 0 Å². The highest BCUT2D eigenvalue weighted by Crippen LogP contribution is 2.20. The quantitative estimate of drug-likeness (QED) is 0.742. The Hall–Kier alpha value is -0.830. The van der Waals surface area contributed by atoms with Crippen LogP contribution in [0.3, 0.4) is 0 Å². The van der Waals surface area contributed by atoms with Crippen molar-refractivity contribution in [2.75, 3.05) is 0 Å². The molecule has 1 unspecified atom stereocenters. The lowest BCUT2D eigenvalue weighted by atomic mass is 9.93. The molecule has 0 radical (unpaired) electrons. The minimum Gasteiger partial charge on any atom is -0.390 e. The summed E-state index contributed by atoms with van der Waals surface area (Å²) in [6.45, 7) is 6.22. The summed E-state index contributed by atoms with van der Waals surface area (Å²) in [7, 11) is 1.95. The fourth-order valence-corrected chi connectivity index (χ4v) is 2.14. The van der Waals surface area contributed by atoms with Crippen molar-refractivity contribution in [1.29, 1.82) is 0 Å². The average molecular weight is 238 g/mol. The Morgan fingerprint density at radius 3 is 2.59 bits per heavy atom. The van der Waals surface area contributed by atoms with Crippen LogP contribution < -0.4 is 0 Å². The van der Waals surface area contributed by atoms with E-state index in [9.17, 15) is 5.11 Å². The van der Waals surface area contributed by atoms with Crippen LogP contribution in [-0.4, -0.2) is 20.5 Å². The standard InChI is InChI=1S/C14H26N2O/c1-5-7-8-9-14(3,17)11-13-10-12(6-2)15-16(13)4/h10,17H,5-9,11H2,1-4H3. The molecule has 3 nitrogen and oxygen atoms in total. The molecule has 1 atom stereocenters. The highest BCUT2D eigenvalue weighted by Gasteiger charge is 2.22. The van der Waals surface area contributed by atoms with Crippen LogP contribution in [0.25, 0.3) is 0 Å². The molecular formula is C14H26N2O. The number of aromatic nitrogens is 2. The third-order valence-corrected chi connectivity index (χ3v) is 3.27. The summed E-state index contributed by atoms with van der Waals surface area (Å²) >= 11 is 0. The minimum absolute atomic E-state index is 0.603. The zero-order chi connectivity index (χ0) is 12.9. The van der Waals surface area contributed by atoms with Crippen LogP contribution >= 0.6 is 0 Å². The van der Waals surface area contributed by atoms with E-state index in [-0.39, 0.29) is 0 Å². The predicted molar refractivity (Wildman–Crippen MR) is 71.1 cm³/mol. The van der Waals surface area contributed by atoms with Gasteiger partial charge in [0, 0.05) is 19.2 Å². The SMILES string of the molecule is CCCCCC(C)(O)Cc1cc(CC)nn1C. The Labute approximate surface area is 105 Å². The first kappa shape index (κ1) is 14.2. The van der Waals surface area contributed by atoms with Gasteiger partial charge < -0.3 is 5.11 Å². The second-order valence-electron chi connectivity index (χ2n) is 5.23. The lowest BCUT2D eigenvalue weighted by molar-refractivity contribution is 0.0467. The summed E-state index contributed by atoms with van der Waals surface area (Å²) in [6, 6.07) is 2.11. The van der Waals surface area contributed by atoms with Gasteiger partial charge in [0.1, 0.15) is 0 Å². The summed E-state index contributed by atoms with van der Waals surface area (Å²) in [4.78, 5) is 0. The summed E-state index contributed by atoms with van der Waals surface area (Å²) in [5, 5.41) is 14.8. The first-order valence-electron chi connectivity index (χ1n) is 6.72. The number of hydrogen-bond donors (Lipinski definition) is 1. The van der Waals surface area contributed by atoms with Gasteiger partial charge in [0.05, 0.1) is 11.3 Å². The largest absolute Gasteiger partial charge is 0.390 e. The van der Waals surface area contributed by atoms with Crippen molar-refractivity contribution in [1.82, 2.24) is 9.78 Å². The lowest BCUT2D eigenvalue weighted by Crippen LogP contribution is -2.28. The molecule has 17 heavy (non-hydrogen) atoms. The number of nitrogens with zero attached hydrogens (tertiary/aromatic N) is 2. The molecule has 0 aliphatic rings. The lowest BCUT2D eigenvalue weighted by Gasteiger charge is -2.23. The van der Waals surface area contributed by atoms with E-state index in [1.165, 1.54) is 12.8 Å². The van der Waals surface area contributed by atoms with Crippen molar-refractivity contribution < 1.29 is 5.11 Å². The van der Waals surface area contributed by atoms with Crippen molar-refractivity contribution in [3.63, 3.8) is 0 Å². The molecule has 1 aromatic heterocycles. The average Bonchev–Trinajstić information content (AvgIpc) is 2.59. The fraction of sp³-hybridized carbons (Fsp3) is 0.786. The zero-order valence-electron chi connectivity index (χ0n) is 11.7. The molecule has 1 heterocycles. The van der Waals surface area contributed by atoms with Crippen molar-refractivity contribution >= 4 is 0 Å². The molecule has 0 spiro atoms. The normalized spacial score (nSPS) is 14.9. The van der Waals surface area contributed by atoms with Crippen molar-refractivity contribution in [3.05, 3.63) is 17.5 Å². The van der Waals surface area contributed by atoms with Crippen molar-refractivity contribution in [2.24, 2.45) is 7.05 Å². The van der Waals surface area contributed by atoms with E-state index in [1.54, 1.807) is 0 Å². The van der Waals surface area contributed by atoms with Gasteiger partial charge in [0.15, 0.2) is 0 Å². The van der Waals surface area contributed by atoms with E-state index in [0.29, 0.717) is 6.42 Å². The number of aliphatic hydroxyl groups is 1. The molecule has 1 aromatic rings. The van der Waals surface area contributed by atoms with Crippen LogP contribution in [0, 0.1) is 0 Å². The Balaban J connectivity index is 2.58. The smallest absolute Gasteiger partial charge is 0.0674 e. The van der Waals surface area contributed by atoms with Crippen LogP contribution in [0.2, 0.25) is 0 Å². The van der Waals surface area contributed by atoms with E-state index in [0.717, 1.165) is 30.7 Å². The van der Waals surface area contributed by atoms with E-state index in [2.05, 4.69) is 25.0 Å². The predicted octanol–water partition coefficient (Wildman–Crippen LogP) is 2.86. The van der Waals surface area contributed by atoms with Gasteiger partial charge in [-0.15, -0.1) is 0 Å². The molecule has 0 amide bonds. The maximum Gasteiger partial charge on any atom is 0.0674 e. The van der Waals surface area contributed by atoms with Gasteiger partial charge >= 0.3 is 0 Å². The van der Waals surface area contributed by atoms with Gasteiger partial charge in [-0.1, -0.05) is 33.1 Å². The molecule has 0 saturated carbocycles. The van der Waals surface area contributed by atoms with Crippen molar-refractivity contribution in [2.45, 2.75) is 64.9 Å². The minimum atomic E-state index is -0.603. The fourth-order valence-electron chi connectivity index (χ4n) is 2.14. The topological polar surface area (TPSA) is 38.1 Å². The van der Waals surface area contributed by atoms with Gasteiger partial charge in [-0.25, -0.2) is 0 Å². The molecular weight excluding hydrogens is 212 g/mol. The summed E-state index contributed by atoms with van der Waals surface area (Å²) in [5.41, 5.74) is 1.63. The molecule has 0 aliphatic heterocycles. The number of unbranched alkanes of at least 4 members (excludes halogenated alkanes) is 2. The molecule has 0 aromatic carbocycles. The molecule has 0 bridgehead atoms. The summed E-state index contributed by atoms with van der Waals surface area (Å²) < 4.78 is 1.90. The second-order valence-corrected chi connectivity index (χ2v) is 5.23. The first-order chi connectivity index (χ1) is 7.98. The van der Waals surface area contributed by atoms with E-state index in [4.69, 9.17) is 0 Å². The third-order valence-electron chi connectivity index (χ3n) is 3.27. The Morgan fingerprint density at radius 2 is 2.06 bits per heavy atom. The van der Waals surface area contributed by atoms with Crippen LogP contribution in [-0.2, 0) is 19.9 Å². The molecule has 0 saturated heterocycles. The van der Waals surface area contributed by atoms with Gasteiger partial charge in [-0.3, -0.25) is 4.68 Å². The maximum atomic E-state index is 10.4. The van der Waals surface area contributed by atoms with Crippen LogP contribution in [0.4, 0.5) is 0 Å². The summed E-state index contributed by atoms with van der Waals surface area (Å²) in [6.07, 6.45) is 6.00. The van der Waals surface area contributed by atoms with Crippen LogP contribution in [0.5, 0.6) is 0 Å². The molecule has 1 rings (SSSR count). The number of rotatable bonds is 7. The Kier molecular flexibility index (Phi) is 5.19. The van der Waals surface area contributed by atoms with Crippen LogP contribution in [0.15, 0.2) is 6.07 Å². The van der Waals surface area contributed by atoms with Crippen LogP contribution in [0.1, 0.15) is 57.8 Å². The zero-order valence-corrected chi connectivity index (χ0v) is 11.7. The molecule has 0 aliphatic carbocycles.